The van der Waals surface area contributed by atoms with Crippen molar-refractivity contribution in [3.05, 3.63) is 71.4 Å². The highest BCUT2D eigenvalue weighted by Gasteiger charge is 2.31. The number of anilines is 1. The third-order valence-electron chi connectivity index (χ3n) is 4.88. The number of hydrogen-bond acceptors (Lipinski definition) is 4. The van der Waals surface area contributed by atoms with Crippen molar-refractivity contribution in [2.75, 3.05) is 19.5 Å². The highest BCUT2D eigenvalue weighted by atomic mass is 16.5. The molecular weight excluding hydrogens is 342 g/mol. The Morgan fingerprint density at radius 2 is 1.93 bits per heavy atom. The van der Waals surface area contributed by atoms with Crippen LogP contribution in [0.15, 0.2) is 54.7 Å². The van der Waals surface area contributed by atoms with Crippen LogP contribution in [0.25, 0.3) is 0 Å². The molecule has 1 unspecified atom stereocenters. The first-order chi connectivity index (χ1) is 13.2. The molecule has 0 bridgehead atoms. The van der Waals surface area contributed by atoms with Crippen LogP contribution in [0.2, 0.25) is 0 Å². The number of benzene rings is 2. The topological polar surface area (TPSA) is 65.4 Å². The number of aromatic nitrogens is 2. The van der Waals surface area contributed by atoms with Gasteiger partial charge in [-0.2, -0.15) is 5.10 Å². The Kier molecular flexibility index (Phi) is 4.54. The molecule has 0 saturated carbocycles. The van der Waals surface area contributed by atoms with E-state index < -0.39 is 0 Å². The van der Waals surface area contributed by atoms with Crippen LogP contribution in [0.4, 0.5) is 5.82 Å². The van der Waals surface area contributed by atoms with Crippen molar-refractivity contribution in [1.29, 1.82) is 0 Å². The zero-order valence-corrected chi connectivity index (χ0v) is 15.3. The van der Waals surface area contributed by atoms with E-state index in [1.807, 2.05) is 59.4 Å². The summed E-state index contributed by atoms with van der Waals surface area (Å²) in [7, 11) is 3.25. The van der Waals surface area contributed by atoms with Gasteiger partial charge in [0.2, 0.25) is 5.91 Å². The summed E-state index contributed by atoms with van der Waals surface area (Å²) in [6, 6.07) is 15.7. The summed E-state index contributed by atoms with van der Waals surface area (Å²) in [6.07, 6.45) is 2.19. The fourth-order valence-corrected chi connectivity index (χ4v) is 3.53. The van der Waals surface area contributed by atoms with Gasteiger partial charge in [-0.15, -0.1) is 0 Å². The number of methoxy groups -OCH3 is 2. The average molecular weight is 363 g/mol. The molecule has 2 heterocycles. The van der Waals surface area contributed by atoms with Gasteiger partial charge in [0.15, 0.2) is 0 Å². The minimum atomic E-state index is -0.112. The van der Waals surface area contributed by atoms with E-state index in [9.17, 15) is 4.79 Å². The van der Waals surface area contributed by atoms with Gasteiger partial charge in [-0.3, -0.25) is 4.79 Å². The Bertz CT molecular complexity index is 966. The van der Waals surface area contributed by atoms with Crippen LogP contribution >= 0.6 is 0 Å². The summed E-state index contributed by atoms with van der Waals surface area (Å²) >= 11 is 0. The van der Waals surface area contributed by atoms with Crippen molar-refractivity contribution in [2.45, 2.75) is 18.9 Å². The zero-order chi connectivity index (χ0) is 18.8. The van der Waals surface area contributed by atoms with Crippen LogP contribution in [0.1, 0.15) is 29.0 Å². The molecule has 3 aromatic rings. The summed E-state index contributed by atoms with van der Waals surface area (Å²) in [6.45, 7) is 0.600. The zero-order valence-electron chi connectivity index (χ0n) is 15.3. The van der Waals surface area contributed by atoms with Gasteiger partial charge in [0, 0.05) is 29.5 Å². The summed E-state index contributed by atoms with van der Waals surface area (Å²) < 4.78 is 12.7. The first-order valence-corrected chi connectivity index (χ1v) is 8.81. The molecule has 6 nitrogen and oxygen atoms in total. The van der Waals surface area contributed by atoms with E-state index in [0.717, 1.165) is 28.3 Å². The quantitative estimate of drug-likeness (QED) is 0.754. The Morgan fingerprint density at radius 1 is 1.11 bits per heavy atom. The molecule has 1 aromatic heterocycles. The second-order valence-electron chi connectivity index (χ2n) is 6.50. The number of hydrogen-bond donors (Lipinski definition) is 1. The predicted octanol–water partition coefficient (Wildman–Crippen LogP) is 3.42. The monoisotopic (exact) mass is 363 g/mol. The molecule has 0 aliphatic carbocycles. The third-order valence-corrected chi connectivity index (χ3v) is 4.88. The van der Waals surface area contributed by atoms with Gasteiger partial charge in [0.25, 0.3) is 0 Å². The molecule has 1 atom stereocenters. The highest BCUT2D eigenvalue weighted by molar-refractivity contribution is 5.94. The maximum atomic E-state index is 12.4. The Hall–Kier alpha value is -3.28. The van der Waals surface area contributed by atoms with Gasteiger partial charge in [-0.25, -0.2) is 4.68 Å². The molecule has 0 saturated heterocycles. The Balaban J connectivity index is 1.73. The largest absolute Gasteiger partial charge is 0.497 e. The fourth-order valence-electron chi connectivity index (χ4n) is 3.53. The van der Waals surface area contributed by atoms with Crippen LogP contribution in [0.5, 0.6) is 11.5 Å². The minimum absolute atomic E-state index is 0.0276. The van der Waals surface area contributed by atoms with Crippen LogP contribution < -0.4 is 14.8 Å². The van der Waals surface area contributed by atoms with Crippen LogP contribution in [-0.4, -0.2) is 29.9 Å². The second-order valence-corrected chi connectivity index (χ2v) is 6.50. The first-order valence-electron chi connectivity index (χ1n) is 8.81. The lowest BCUT2D eigenvalue weighted by atomic mass is 9.86. The molecular formula is C21H21N3O3. The number of rotatable bonds is 5. The van der Waals surface area contributed by atoms with E-state index in [2.05, 4.69) is 10.4 Å². The van der Waals surface area contributed by atoms with E-state index in [4.69, 9.17) is 9.47 Å². The number of fused-ring (bicyclic) bond motifs is 1. The SMILES string of the molecule is COc1ccc(C2CC(=O)Nc3c2cnn3Cc2ccccc2)c(OC)c1. The molecule has 0 fully saturated rings. The van der Waals surface area contributed by atoms with E-state index in [1.165, 1.54) is 0 Å². The molecule has 6 heteroatoms. The third kappa shape index (κ3) is 3.26. The number of ether oxygens (including phenoxy) is 2. The summed E-state index contributed by atoms with van der Waals surface area (Å²) in [5.74, 6) is 2.03. The van der Waals surface area contributed by atoms with E-state index >= 15 is 0 Å². The van der Waals surface area contributed by atoms with Crippen molar-refractivity contribution >= 4 is 11.7 Å². The summed E-state index contributed by atoms with van der Waals surface area (Å²) in [4.78, 5) is 12.4. The Morgan fingerprint density at radius 3 is 2.67 bits per heavy atom. The fraction of sp³-hybridized carbons (Fsp3) is 0.238. The van der Waals surface area contributed by atoms with Crippen LogP contribution in [-0.2, 0) is 11.3 Å². The maximum absolute atomic E-state index is 12.4. The van der Waals surface area contributed by atoms with E-state index in [0.29, 0.717) is 18.7 Å². The lowest BCUT2D eigenvalue weighted by Gasteiger charge is -2.25. The van der Waals surface area contributed by atoms with Crippen LogP contribution in [0, 0.1) is 0 Å². The smallest absolute Gasteiger partial charge is 0.226 e. The molecule has 0 radical (unpaired) electrons. The molecule has 2 aromatic carbocycles. The lowest BCUT2D eigenvalue weighted by Crippen LogP contribution is -2.25. The number of nitrogens with zero attached hydrogens (tertiary/aromatic N) is 2. The van der Waals surface area contributed by atoms with Gasteiger partial charge in [0.1, 0.15) is 17.3 Å². The number of amides is 1. The minimum Gasteiger partial charge on any atom is -0.497 e. The maximum Gasteiger partial charge on any atom is 0.226 e. The van der Waals surface area contributed by atoms with E-state index in [-0.39, 0.29) is 11.8 Å². The number of carbonyl (C=O) groups is 1. The molecule has 4 rings (SSSR count). The van der Waals surface area contributed by atoms with Gasteiger partial charge in [0.05, 0.1) is 27.0 Å². The van der Waals surface area contributed by atoms with Crippen molar-refractivity contribution in [2.24, 2.45) is 0 Å². The first kappa shape index (κ1) is 17.1. The number of carbonyl (C=O) groups excluding carboxylic acids is 1. The van der Waals surface area contributed by atoms with Gasteiger partial charge >= 0.3 is 0 Å². The molecule has 1 aliphatic heterocycles. The van der Waals surface area contributed by atoms with Gasteiger partial charge in [-0.05, 0) is 11.6 Å². The predicted molar refractivity (Wildman–Crippen MR) is 102 cm³/mol. The summed E-state index contributed by atoms with van der Waals surface area (Å²) in [5.41, 5.74) is 3.07. The lowest BCUT2D eigenvalue weighted by molar-refractivity contribution is -0.116. The van der Waals surface area contributed by atoms with Crippen molar-refractivity contribution in [3.63, 3.8) is 0 Å². The van der Waals surface area contributed by atoms with Crippen molar-refractivity contribution < 1.29 is 14.3 Å². The Labute approximate surface area is 157 Å². The molecule has 138 valence electrons. The average Bonchev–Trinajstić information content (AvgIpc) is 3.10. The van der Waals surface area contributed by atoms with Crippen molar-refractivity contribution in [3.8, 4) is 11.5 Å². The summed E-state index contributed by atoms with van der Waals surface area (Å²) in [5, 5.41) is 7.51. The van der Waals surface area contributed by atoms with Crippen molar-refractivity contribution in [1.82, 2.24) is 9.78 Å². The second kappa shape index (κ2) is 7.15. The molecule has 1 aliphatic rings. The number of nitrogens with one attached hydrogen (secondary N) is 1. The highest BCUT2D eigenvalue weighted by Crippen LogP contribution is 2.41. The van der Waals surface area contributed by atoms with Gasteiger partial charge < -0.3 is 14.8 Å². The van der Waals surface area contributed by atoms with Gasteiger partial charge in [-0.1, -0.05) is 36.4 Å². The molecule has 27 heavy (non-hydrogen) atoms. The molecule has 1 amide bonds. The normalized spacial score (nSPS) is 15.8. The standard InChI is InChI=1S/C21H21N3O3/c1-26-15-8-9-16(19(10-15)27-2)17-11-20(25)23-21-18(17)12-22-24(21)13-14-6-4-3-5-7-14/h3-10,12,17H,11,13H2,1-2H3,(H,23,25). The van der Waals surface area contributed by atoms with Crippen LogP contribution in [0.3, 0.4) is 0 Å². The van der Waals surface area contributed by atoms with E-state index in [1.54, 1.807) is 14.2 Å². The molecule has 1 N–H and O–H groups in total. The molecule has 0 spiro atoms.